The Bertz CT molecular complexity index is 468. The molecule has 0 heterocycles. The normalized spacial score (nSPS) is 10.1. The minimum absolute atomic E-state index is 0.0842. The summed E-state index contributed by atoms with van der Waals surface area (Å²) in [6, 6.07) is 7.25. The highest BCUT2D eigenvalue weighted by Crippen LogP contribution is 2.15. The highest BCUT2D eigenvalue weighted by molar-refractivity contribution is 9.10. The maximum atomic E-state index is 11.6. The molecule has 1 aromatic rings. The van der Waals surface area contributed by atoms with Crippen LogP contribution in [0, 0.1) is 0 Å². The molecule has 4 N–H and O–H groups in total. The lowest BCUT2D eigenvalue weighted by atomic mass is 10.3. The fourth-order valence-corrected chi connectivity index (χ4v) is 1.73. The molecule has 0 atom stereocenters. The molecule has 0 bridgehead atoms. The minimum atomic E-state index is -0.305. The van der Waals surface area contributed by atoms with E-state index in [1.165, 1.54) is 4.90 Å². The number of hydrogen-bond donors (Lipinski definition) is 4. The Balaban J connectivity index is 2.16. The van der Waals surface area contributed by atoms with Gasteiger partial charge in [-0.05, 0) is 36.5 Å². The molecule has 0 radical (unpaired) electrons. The third kappa shape index (κ3) is 8.49. The molecule has 21 heavy (non-hydrogen) atoms. The lowest BCUT2D eigenvalue weighted by Crippen LogP contribution is -3.06. The number of rotatable bonds is 6. The molecule has 1 aromatic carbocycles. The number of hydrogen-bond acceptors (Lipinski definition) is 3. The number of quaternary nitrogens is 1. The zero-order chi connectivity index (χ0) is 15.7. The van der Waals surface area contributed by atoms with Crippen LogP contribution in [0.1, 0.15) is 0 Å². The van der Waals surface area contributed by atoms with Gasteiger partial charge in [-0.3, -0.25) is 15.6 Å². The Hall–Kier alpha value is -1.38. The van der Waals surface area contributed by atoms with Crippen LogP contribution in [-0.2, 0) is 4.79 Å². The molecule has 0 saturated heterocycles. The molecule has 1 rings (SSSR count). The monoisotopic (exact) mass is 375 g/mol. The minimum Gasteiger partial charge on any atom is -0.484 e. The molecule has 0 aliphatic heterocycles. The molecule has 0 spiro atoms. The van der Waals surface area contributed by atoms with Crippen LogP contribution in [0.4, 0.5) is 0 Å². The van der Waals surface area contributed by atoms with Crippen molar-refractivity contribution < 1.29 is 14.4 Å². The second kappa shape index (κ2) is 9.54. The average Bonchev–Trinajstić information content (AvgIpc) is 2.44. The van der Waals surface area contributed by atoms with Gasteiger partial charge < -0.3 is 15.0 Å². The summed E-state index contributed by atoms with van der Waals surface area (Å²) in [7, 11) is 4.11. The first kappa shape index (κ1) is 17.7. The fraction of sp³-hybridized carbons (Fsp3) is 0.385. The molecule has 0 aliphatic carbocycles. The van der Waals surface area contributed by atoms with E-state index in [0.717, 1.165) is 17.6 Å². The van der Waals surface area contributed by atoms with Crippen molar-refractivity contribution in [3.63, 3.8) is 0 Å². The van der Waals surface area contributed by atoms with Gasteiger partial charge in [0.05, 0.1) is 27.2 Å². The van der Waals surface area contributed by atoms with Crippen LogP contribution in [0.3, 0.4) is 0 Å². The largest absolute Gasteiger partial charge is 0.484 e. The quantitative estimate of drug-likeness (QED) is 0.397. The van der Waals surface area contributed by atoms with E-state index in [1.807, 2.05) is 12.1 Å². The van der Waals surface area contributed by atoms with Gasteiger partial charge in [-0.2, -0.15) is 0 Å². The van der Waals surface area contributed by atoms with Crippen molar-refractivity contribution in [1.82, 2.24) is 16.2 Å². The molecule has 116 valence electrons. The highest BCUT2D eigenvalue weighted by atomic mass is 79.9. The number of ether oxygens (including phenoxy) is 1. The number of thiocarbonyl (C=S) groups is 1. The Morgan fingerprint density at radius 1 is 1.29 bits per heavy atom. The molecule has 8 heteroatoms. The third-order valence-electron chi connectivity index (χ3n) is 2.41. The Labute approximate surface area is 138 Å². The van der Waals surface area contributed by atoms with Gasteiger partial charge in [0.1, 0.15) is 5.75 Å². The first-order valence-electron chi connectivity index (χ1n) is 6.47. The predicted molar refractivity (Wildman–Crippen MR) is 89.2 cm³/mol. The smallest absolute Gasteiger partial charge is 0.276 e. The standard InChI is InChI=1S/C13H19BrN4O2S/c1-18(2)8-7-15-13(21)17-16-12(19)9-20-11-5-3-10(14)4-6-11/h3-6H,7-9H2,1-2H3,(H,16,19)(H2,15,17,21)/p+1. The van der Waals surface area contributed by atoms with Gasteiger partial charge in [-0.15, -0.1) is 0 Å². The fourth-order valence-electron chi connectivity index (χ4n) is 1.31. The lowest BCUT2D eigenvalue weighted by Gasteiger charge is -2.13. The SMILES string of the molecule is C[NH+](C)CCNC(=S)NNC(=O)COc1ccc(Br)cc1. The van der Waals surface area contributed by atoms with Crippen LogP contribution in [0.15, 0.2) is 28.7 Å². The first-order valence-corrected chi connectivity index (χ1v) is 7.67. The van der Waals surface area contributed by atoms with Crippen LogP contribution in [-0.4, -0.2) is 44.8 Å². The van der Waals surface area contributed by atoms with E-state index in [9.17, 15) is 4.79 Å². The number of nitrogens with one attached hydrogen (secondary N) is 4. The van der Waals surface area contributed by atoms with Gasteiger partial charge in [0.2, 0.25) is 0 Å². The third-order valence-corrected chi connectivity index (χ3v) is 3.18. The first-order chi connectivity index (χ1) is 9.97. The van der Waals surface area contributed by atoms with Gasteiger partial charge in [-0.1, -0.05) is 15.9 Å². The van der Waals surface area contributed by atoms with Gasteiger partial charge in [0, 0.05) is 4.47 Å². The van der Waals surface area contributed by atoms with Gasteiger partial charge in [-0.25, -0.2) is 0 Å². The van der Waals surface area contributed by atoms with Gasteiger partial charge in [0.15, 0.2) is 11.7 Å². The second-order valence-electron chi connectivity index (χ2n) is 4.63. The van der Waals surface area contributed by atoms with E-state index >= 15 is 0 Å². The molecule has 0 aliphatic rings. The van der Waals surface area contributed by atoms with Crippen LogP contribution in [0.25, 0.3) is 0 Å². The summed E-state index contributed by atoms with van der Waals surface area (Å²) in [6.45, 7) is 1.58. The van der Waals surface area contributed by atoms with Crippen LogP contribution in [0.2, 0.25) is 0 Å². The number of carbonyl (C=O) groups excluding carboxylic acids is 1. The van der Waals surface area contributed by atoms with Crippen LogP contribution < -0.4 is 25.8 Å². The van der Waals surface area contributed by atoms with Crippen molar-refractivity contribution in [3.05, 3.63) is 28.7 Å². The number of halogens is 1. The summed E-state index contributed by atoms with van der Waals surface area (Å²) < 4.78 is 6.28. The summed E-state index contributed by atoms with van der Waals surface area (Å²) >= 11 is 8.35. The molecule has 0 aromatic heterocycles. The summed E-state index contributed by atoms with van der Waals surface area (Å²) in [6.07, 6.45) is 0. The number of likely N-dealkylation sites (N-methyl/N-ethyl adjacent to an activating group) is 1. The van der Waals surface area contributed by atoms with Crippen molar-refractivity contribution in [1.29, 1.82) is 0 Å². The van der Waals surface area contributed by atoms with E-state index in [4.69, 9.17) is 17.0 Å². The van der Waals surface area contributed by atoms with E-state index in [2.05, 4.69) is 46.2 Å². The lowest BCUT2D eigenvalue weighted by molar-refractivity contribution is -0.856. The van der Waals surface area contributed by atoms with Crippen molar-refractivity contribution in [2.75, 3.05) is 33.8 Å². The van der Waals surface area contributed by atoms with Crippen LogP contribution >= 0.6 is 28.1 Å². The average molecular weight is 376 g/mol. The zero-order valence-corrected chi connectivity index (χ0v) is 14.4. The Morgan fingerprint density at radius 3 is 2.57 bits per heavy atom. The molecule has 0 unspecified atom stereocenters. The summed E-state index contributed by atoms with van der Waals surface area (Å²) in [4.78, 5) is 12.9. The van der Waals surface area contributed by atoms with Gasteiger partial charge >= 0.3 is 0 Å². The number of benzene rings is 1. The molecule has 1 amide bonds. The summed E-state index contributed by atoms with van der Waals surface area (Å²) in [5.41, 5.74) is 5.09. The summed E-state index contributed by atoms with van der Waals surface area (Å²) in [5, 5.41) is 3.37. The second-order valence-corrected chi connectivity index (χ2v) is 5.95. The topological polar surface area (TPSA) is 66.8 Å². The maximum Gasteiger partial charge on any atom is 0.276 e. The van der Waals surface area contributed by atoms with Crippen molar-refractivity contribution in [2.24, 2.45) is 0 Å². The molecular formula is C13H20BrN4O2S+. The van der Waals surface area contributed by atoms with Gasteiger partial charge in [0.25, 0.3) is 5.91 Å². The maximum absolute atomic E-state index is 11.6. The van der Waals surface area contributed by atoms with Crippen LogP contribution in [0.5, 0.6) is 5.75 Å². The molecule has 0 saturated carbocycles. The number of carbonyl (C=O) groups is 1. The van der Waals surface area contributed by atoms with E-state index in [-0.39, 0.29) is 12.5 Å². The van der Waals surface area contributed by atoms with Crippen molar-refractivity contribution >= 4 is 39.2 Å². The Morgan fingerprint density at radius 2 is 1.95 bits per heavy atom. The Kier molecular flexibility index (Phi) is 8.03. The molecular weight excluding hydrogens is 356 g/mol. The number of amides is 1. The molecule has 0 fully saturated rings. The zero-order valence-electron chi connectivity index (χ0n) is 12.0. The number of hydrazine groups is 1. The summed E-state index contributed by atoms with van der Waals surface area (Å²) in [5.74, 6) is 0.323. The van der Waals surface area contributed by atoms with Crippen molar-refractivity contribution in [2.45, 2.75) is 0 Å². The predicted octanol–water partition coefficient (Wildman–Crippen LogP) is -0.532. The highest BCUT2D eigenvalue weighted by Gasteiger charge is 2.03. The van der Waals surface area contributed by atoms with E-state index < -0.39 is 0 Å². The van der Waals surface area contributed by atoms with Crippen molar-refractivity contribution in [3.8, 4) is 5.75 Å². The molecule has 6 nitrogen and oxygen atoms in total. The van der Waals surface area contributed by atoms with E-state index in [0.29, 0.717) is 10.9 Å². The van der Waals surface area contributed by atoms with E-state index in [1.54, 1.807) is 12.1 Å².